The summed E-state index contributed by atoms with van der Waals surface area (Å²) in [6, 6.07) is 15.4. The van der Waals surface area contributed by atoms with Gasteiger partial charge < -0.3 is 4.57 Å². The number of benzene rings is 2. The van der Waals surface area contributed by atoms with Crippen molar-refractivity contribution in [2.24, 2.45) is 7.05 Å². The normalized spacial score (nSPS) is 14.4. The number of imidazole rings is 1. The van der Waals surface area contributed by atoms with Gasteiger partial charge in [-0.15, -0.1) is 11.3 Å². The van der Waals surface area contributed by atoms with Crippen molar-refractivity contribution >= 4 is 57.7 Å². The highest BCUT2D eigenvalue weighted by atomic mass is 35.5. The van der Waals surface area contributed by atoms with Gasteiger partial charge in [-0.2, -0.15) is 0 Å². The van der Waals surface area contributed by atoms with E-state index in [9.17, 15) is 0 Å². The van der Waals surface area contributed by atoms with Crippen LogP contribution in [0.5, 0.6) is 0 Å². The number of hydrogen-bond donors (Lipinski definition) is 0. The molecule has 3 heterocycles. The van der Waals surface area contributed by atoms with Gasteiger partial charge in [0, 0.05) is 30.0 Å². The second-order valence-electron chi connectivity index (χ2n) is 10.1. The van der Waals surface area contributed by atoms with E-state index >= 15 is 0 Å². The Morgan fingerprint density at radius 3 is 2.64 bits per heavy atom. The molecule has 0 atom stereocenters. The van der Waals surface area contributed by atoms with Crippen molar-refractivity contribution < 1.29 is 0 Å². The Balaban J connectivity index is 1.25. The van der Waals surface area contributed by atoms with Crippen LogP contribution in [0.2, 0.25) is 5.02 Å². The Labute approximate surface area is 224 Å². The molecule has 6 heteroatoms. The lowest BCUT2D eigenvalue weighted by atomic mass is 9.87. The fourth-order valence-electron chi connectivity index (χ4n) is 5.04. The topological polar surface area (TPSA) is 21.1 Å². The molecule has 0 aliphatic carbocycles. The van der Waals surface area contributed by atoms with Crippen molar-refractivity contribution in [1.29, 1.82) is 0 Å². The van der Waals surface area contributed by atoms with Crippen molar-refractivity contribution in [2.75, 3.05) is 13.1 Å². The predicted octanol–water partition coefficient (Wildman–Crippen LogP) is 5.96. The molecule has 0 spiro atoms. The molecule has 0 saturated carbocycles. The number of thiophene rings is 1. The van der Waals surface area contributed by atoms with Crippen LogP contribution in [0.15, 0.2) is 55.1 Å². The molecule has 3 nitrogen and oxygen atoms in total. The molecule has 5 rings (SSSR count). The Kier molecular flexibility index (Phi) is 7.25. The van der Waals surface area contributed by atoms with Gasteiger partial charge in [0.1, 0.15) is 18.5 Å². The maximum Gasteiger partial charge on any atom is 0.142 e. The second kappa shape index (κ2) is 10.4. The summed E-state index contributed by atoms with van der Waals surface area (Å²) >= 11 is 7.88. The number of allylic oxidation sites excluding steroid dienone is 1. The SMILES string of the molecule is Bc1cc(Cl)ccc1CCc1cc(C2=CCN(Cc3nc4sc(C(=C)C)cc4n3C)CC2)ccc1C. The van der Waals surface area contributed by atoms with Gasteiger partial charge >= 0.3 is 0 Å². The molecule has 4 aromatic rings. The number of aromatic nitrogens is 2. The Morgan fingerprint density at radius 1 is 1.14 bits per heavy atom. The minimum absolute atomic E-state index is 0.812. The molecule has 0 fully saturated rings. The quantitative estimate of drug-likeness (QED) is 0.284. The molecule has 36 heavy (non-hydrogen) atoms. The third kappa shape index (κ3) is 5.24. The van der Waals surface area contributed by atoms with Gasteiger partial charge in [-0.3, -0.25) is 4.90 Å². The fourth-order valence-corrected chi connectivity index (χ4v) is 6.27. The number of aryl methyl sites for hydroxylation is 4. The van der Waals surface area contributed by atoms with Crippen LogP contribution in [0.4, 0.5) is 0 Å². The Morgan fingerprint density at radius 2 is 1.94 bits per heavy atom. The van der Waals surface area contributed by atoms with Crippen LogP contribution in [-0.4, -0.2) is 35.4 Å². The van der Waals surface area contributed by atoms with Gasteiger partial charge in [-0.05, 0) is 79.1 Å². The molecule has 2 aromatic heterocycles. The number of halogens is 1. The molecule has 0 amide bonds. The van der Waals surface area contributed by atoms with Crippen LogP contribution in [0.3, 0.4) is 0 Å². The monoisotopic (exact) mass is 513 g/mol. The highest BCUT2D eigenvalue weighted by Crippen LogP contribution is 2.31. The lowest BCUT2D eigenvalue weighted by Crippen LogP contribution is -2.29. The molecule has 2 aromatic carbocycles. The van der Waals surface area contributed by atoms with E-state index < -0.39 is 0 Å². The smallest absolute Gasteiger partial charge is 0.142 e. The van der Waals surface area contributed by atoms with E-state index in [1.54, 1.807) is 11.3 Å². The molecule has 1 aliphatic rings. The molecular formula is C30H33BClN3S. The summed E-state index contributed by atoms with van der Waals surface area (Å²) in [5.41, 5.74) is 10.6. The first-order valence-corrected chi connectivity index (χ1v) is 13.9. The number of nitrogens with zero attached hydrogens (tertiary/aromatic N) is 3. The Bertz CT molecular complexity index is 1480. The van der Waals surface area contributed by atoms with E-state index in [1.807, 2.05) is 6.07 Å². The highest BCUT2D eigenvalue weighted by molar-refractivity contribution is 7.19. The zero-order valence-electron chi connectivity index (χ0n) is 21.7. The van der Waals surface area contributed by atoms with Crippen LogP contribution in [-0.2, 0) is 26.4 Å². The van der Waals surface area contributed by atoms with Crippen molar-refractivity contribution in [2.45, 2.75) is 39.7 Å². The van der Waals surface area contributed by atoms with Crippen LogP contribution in [0.25, 0.3) is 21.5 Å². The summed E-state index contributed by atoms with van der Waals surface area (Å²) < 4.78 is 2.24. The number of fused-ring (bicyclic) bond motifs is 1. The summed E-state index contributed by atoms with van der Waals surface area (Å²) in [5, 5.41) is 0.812. The van der Waals surface area contributed by atoms with E-state index in [0.29, 0.717) is 0 Å². The van der Waals surface area contributed by atoms with Crippen LogP contribution in [0.1, 0.15) is 46.3 Å². The lowest BCUT2D eigenvalue weighted by molar-refractivity contribution is 0.284. The second-order valence-corrected chi connectivity index (χ2v) is 11.6. The van der Waals surface area contributed by atoms with Crippen molar-refractivity contribution in [3.8, 4) is 0 Å². The maximum atomic E-state index is 6.14. The third-order valence-electron chi connectivity index (χ3n) is 7.44. The standard InChI is InChI=1S/C30H33BClN3S/c1-19(2)28-17-27-30(36-28)33-29(34(27)4)18-35-13-11-21(12-14-35)24-6-5-20(3)23(15-24)8-7-22-9-10-25(32)16-26(22)31/h5-6,9-11,15-17H,1,7-8,12-14,18,31H2,2-4H3. The van der Waals surface area contributed by atoms with E-state index in [1.165, 1.54) is 43.7 Å². The van der Waals surface area contributed by atoms with E-state index in [2.05, 4.69) is 87.3 Å². The van der Waals surface area contributed by atoms with E-state index in [0.717, 1.165) is 60.1 Å². The first-order valence-electron chi connectivity index (χ1n) is 12.7. The van der Waals surface area contributed by atoms with E-state index in [4.69, 9.17) is 16.6 Å². The van der Waals surface area contributed by atoms with Gasteiger partial charge in [-0.25, -0.2) is 4.98 Å². The van der Waals surface area contributed by atoms with Crippen molar-refractivity contribution in [3.63, 3.8) is 0 Å². The summed E-state index contributed by atoms with van der Waals surface area (Å²) in [5.74, 6) is 1.14. The van der Waals surface area contributed by atoms with Gasteiger partial charge in [-0.1, -0.05) is 59.5 Å². The first-order chi connectivity index (χ1) is 17.3. The number of rotatable bonds is 7. The van der Waals surface area contributed by atoms with Crippen LogP contribution >= 0.6 is 22.9 Å². The van der Waals surface area contributed by atoms with Gasteiger partial charge in [0.2, 0.25) is 0 Å². The molecular weight excluding hydrogens is 481 g/mol. The molecule has 1 aliphatic heterocycles. The minimum atomic E-state index is 0.812. The Hall–Kier alpha value is -2.60. The highest BCUT2D eigenvalue weighted by Gasteiger charge is 2.18. The predicted molar refractivity (Wildman–Crippen MR) is 159 cm³/mol. The fraction of sp³-hybridized carbons (Fsp3) is 0.300. The van der Waals surface area contributed by atoms with E-state index in [-0.39, 0.29) is 0 Å². The molecule has 184 valence electrons. The molecule has 0 radical (unpaired) electrons. The summed E-state index contributed by atoms with van der Waals surface area (Å²) in [6.45, 7) is 11.2. The lowest BCUT2D eigenvalue weighted by Gasteiger charge is -2.26. The first kappa shape index (κ1) is 25.1. The summed E-state index contributed by atoms with van der Waals surface area (Å²) in [4.78, 5) is 9.76. The minimum Gasteiger partial charge on any atom is -0.329 e. The average molecular weight is 514 g/mol. The summed E-state index contributed by atoms with van der Waals surface area (Å²) in [6.07, 6.45) is 5.56. The summed E-state index contributed by atoms with van der Waals surface area (Å²) in [7, 11) is 4.28. The van der Waals surface area contributed by atoms with Crippen LogP contribution in [0, 0.1) is 6.92 Å². The van der Waals surface area contributed by atoms with Gasteiger partial charge in [0.05, 0.1) is 12.1 Å². The molecule has 0 N–H and O–H groups in total. The van der Waals surface area contributed by atoms with Crippen molar-refractivity contribution in [3.05, 3.63) is 93.1 Å². The zero-order chi connectivity index (χ0) is 25.4. The van der Waals surface area contributed by atoms with Gasteiger partial charge in [0.15, 0.2) is 0 Å². The molecule has 0 bridgehead atoms. The zero-order valence-corrected chi connectivity index (χ0v) is 23.3. The third-order valence-corrected chi connectivity index (χ3v) is 8.85. The maximum absolute atomic E-state index is 6.14. The molecule has 0 unspecified atom stereocenters. The molecule has 0 saturated heterocycles. The largest absolute Gasteiger partial charge is 0.329 e. The van der Waals surface area contributed by atoms with Crippen molar-refractivity contribution in [1.82, 2.24) is 14.5 Å². The van der Waals surface area contributed by atoms with Crippen LogP contribution < -0.4 is 5.46 Å². The average Bonchev–Trinajstić information content (AvgIpc) is 3.40. The van der Waals surface area contributed by atoms with Gasteiger partial charge in [0.25, 0.3) is 0 Å². The number of hydrogen-bond acceptors (Lipinski definition) is 3.